The number of hydrogen-bond donors (Lipinski definition) is 0. The Kier molecular flexibility index (Phi) is 4.34. The van der Waals surface area contributed by atoms with Gasteiger partial charge in [-0.05, 0) is 51.1 Å². The van der Waals surface area contributed by atoms with Gasteiger partial charge < -0.3 is 9.80 Å². The van der Waals surface area contributed by atoms with E-state index in [2.05, 4.69) is 16.7 Å². The number of rotatable bonds is 3. The smallest absolute Gasteiger partial charge is 0.230 e. The van der Waals surface area contributed by atoms with Crippen molar-refractivity contribution in [1.29, 1.82) is 0 Å². The molecule has 1 unspecified atom stereocenters. The van der Waals surface area contributed by atoms with Crippen molar-refractivity contribution in [2.24, 2.45) is 11.3 Å². The van der Waals surface area contributed by atoms with Gasteiger partial charge in [0.05, 0.1) is 5.41 Å². The molecule has 2 aliphatic heterocycles. The number of hydrogen-bond acceptors (Lipinski definition) is 2. The third-order valence-corrected chi connectivity index (χ3v) is 5.91. The summed E-state index contributed by atoms with van der Waals surface area (Å²) >= 11 is 0. The zero-order chi connectivity index (χ0) is 14.0. The number of carbonyl (C=O) groups excluding carboxylic acids is 1. The summed E-state index contributed by atoms with van der Waals surface area (Å²) in [5.74, 6) is 1.27. The van der Waals surface area contributed by atoms with E-state index in [1.54, 1.807) is 0 Å². The lowest BCUT2D eigenvalue weighted by molar-refractivity contribution is -0.146. The van der Waals surface area contributed by atoms with Crippen LogP contribution in [0.3, 0.4) is 0 Å². The third-order valence-electron chi connectivity index (χ3n) is 5.91. The molecule has 1 atom stereocenters. The van der Waals surface area contributed by atoms with Crippen LogP contribution in [0.5, 0.6) is 0 Å². The minimum atomic E-state index is -0.0110. The molecule has 3 fully saturated rings. The van der Waals surface area contributed by atoms with Crippen LogP contribution in [0.1, 0.15) is 58.3 Å². The summed E-state index contributed by atoms with van der Waals surface area (Å²) in [4.78, 5) is 17.7. The highest BCUT2D eigenvalue weighted by atomic mass is 16.2. The molecular formula is C17H30N2O. The molecule has 114 valence electrons. The first kappa shape index (κ1) is 14.4. The molecule has 1 amide bonds. The van der Waals surface area contributed by atoms with Gasteiger partial charge >= 0.3 is 0 Å². The Balaban J connectivity index is 1.63. The first-order chi connectivity index (χ1) is 9.73. The van der Waals surface area contributed by atoms with Gasteiger partial charge in [-0.2, -0.15) is 0 Å². The highest BCUT2D eigenvalue weighted by molar-refractivity contribution is 5.84. The fourth-order valence-electron chi connectivity index (χ4n) is 4.61. The number of amides is 1. The molecule has 0 aromatic heterocycles. The molecule has 3 nitrogen and oxygen atoms in total. The van der Waals surface area contributed by atoms with E-state index < -0.39 is 0 Å². The molecule has 3 heteroatoms. The molecule has 2 heterocycles. The molecule has 20 heavy (non-hydrogen) atoms. The molecule has 0 N–H and O–H groups in total. The van der Waals surface area contributed by atoms with Crippen LogP contribution in [-0.2, 0) is 4.79 Å². The van der Waals surface area contributed by atoms with E-state index in [-0.39, 0.29) is 5.41 Å². The highest BCUT2D eigenvalue weighted by Gasteiger charge is 2.48. The Morgan fingerprint density at radius 2 is 1.90 bits per heavy atom. The predicted molar refractivity (Wildman–Crippen MR) is 81.6 cm³/mol. The number of piperidine rings is 1. The zero-order valence-corrected chi connectivity index (χ0v) is 13.1. The van der Waals surface area contributed by atoms with Gasteiger partial charge in [-0.1, -0.05) is 26.2 Å². The van der Waals surface area contributed by atoms with Crippen LogP contribution in [0.25, 0.3) is 0 Å². The molecule has 0 aromatic carbocycles. The molecule has 1 saturated carbocycles. The normalized spacial score (nSPS) is 33.2. The van der Waals surface area contributed by atoms with Crippen molar-refractivity contribution in [1.82, 2.24) is 9.80 Å². The average molecular weight is 278 g/mol. The Bertz CT molecular complexity index is 351. The monoisotopic (exact) mass is 278 g/mol. The van der Waals surface area contributed by atoms with E-state index in [9.17, 15) is 4.79 Å². The molecule has 0 bridgehead atoms. The van der Waals surface area contributed by atoms with Crippen molar-refractivity contribution in [3.63, 3.8) is 0 Å². The maximum absolute atomic E-state index is 13.0. The van der Waals surface area contributed by atoms with E-state index in [4.69, 9.17) is 0 Å². The molecule has 1 aliphatic carbocycles. The van der Waals surface area contributed by atoms with Gasteiger partial charge in [0, 0.05) is 19.6 Å². The van der Waals surface area contributed by atoms with E-state index in [1.807, 2.05) is 0 Å². The topological polar surface area (TPSA) is 23.6 Å². The second kappa shape index (κ2) is 6.05. The van der Waals surface area contributed by atoms with Crippen LogP contribution in [0, 0.1) is 11.3 Å². The fraction of sp³-hybridized carbons (Fsp3) is 0.941. The summed E-state index contributed by atoms with van der Waals surface area (Å²) in [7, 11) is 0. The van der Waals surface area contributed by atoms with Gasteiger partial charge in [-0.15, -0.1) is 0 Å². The predicted octanol–water partition coefficient (Wildman–Crippen LogP) is 2.90. The van der Waals surface area contributed by atoms with Crippen molar-refractivity contribution in [2.75, 3.05) is 32.7 Å². The van der Waals surface area contributed by atoms with Gasteiger partial charge in [0.2, 0.25) is 5.91 Å². The van der Waals surface area contributed by atoms with Crippen LogP contribution in [-0.4, -0.2) is 48.4 Å². The fourth-order valence-corrected chi connectivity index (χ4v) is 4.61. The first-order valence-electron chi connectivity index (χ1n) is 8.75. The Morgan fingerprint density at radius 1 is 1.10 bits per heavy atom. The Hall–Kier alpha value is -0.570. The Morgan fingerprint density at radius 3 is 2.60 bits per heavy atom. The van der Waals surface area contributed by atoms with Crippen LogP contribution < -0.4 is 0 Å². The standard InChI is InChI=1S/C17H30N2O/c1-2-18-12-10-17(14-18)9-6-11-19(16(17)20)13-15-7-4-3-5-8-15/h15H,2-14H2,1H3. The SMILES string of the molecule is CCN1CCC2(CCCN(CC3CCCCC3)C2=O)C1. The van der Waals surface area contributed by atoms with Crippen molar-refractivity contribution in [3.05, 3.63) is 0 Å². The average Bonchev–Trinajstić information content (AvgIpc) is 2.90. The van der Waals surface area contributed by atoms with Gasteiger partial charge in [0.15, 0.2) is 0 Å². The minimum Gasteiger partial charge on any atom is -0.342 e. The lowest BCUT2D eigenvalue weighted by Gasteiger charge is -2.41. The summed E-state index contributed by atoms with van der Waals surface area (Å²) < 4.78 is 0. The molecule has 2 saturated heterocycles. The maximum Gasteiger partial charge on any atom is 0.230 e. The zero-order valence-electron chi connectivity index (χ0n) is 13.1. The van der Waals surface area contributed by atoms with E-state index >= 15 is 0 Å². The second-order valence-corrected chi connectivity index (χ2v) is 7.26. The van der Waals surface area contributed by atoms with Gasteiger partial charge in [-0.25, -0.2) is 0 Å². The van der Waals surface area contributed by atoms with Gasteiger partial charge in [-0.3, -0.25) is 4.79 Å². The van der Waals surface area contributed by atoms with Crippen LogP contribution in [0.15, 0.2) is 0 Å². The summed E-state index contributed by atoms with van der Waals surface area (Å²) in [6.45, 7) is 7.52. The van der Waals surface area contributed by atoms with Crippen LogP contribution >= 0.6 is 0 Å². The van der Waals surface area contributed by atoms with E-state index in [1.165, 1.54) is 38.5 Å². The van der Waals surface area contributed by atoms with Gasteiger partial charge in [0.1, 0.15) is 0 Å². The van der Waals surface area contributed by atoms with Crippen molar-refractivity contribution < 1.29 is 4.79 Å². The lowest BCUT2D eigenvalue weighted by Crippen LogP contribution is -2.51. The highest BCUT2D eigenvalue weighted by Crippen LogP contribution is 2.40. The molecule has 0 radical (unpaired) electrons. The van der Waals surface area contributed by atoms with E-state index in [0.29, 0.717) is 5.91 Å². The summed E-state index contributed by atoms with van der Waals surface area (Å²) in [5, 5.41) is 0. The molecule has 1 spiro atoms. The van der Waals surface area contributed by atoms with Crippen molar-refractivity contribution >= 4 is 5.91 Å². The summed E-state index contributed by atoms with van der Waals surface area (Å²) in [6, 6.07) is 0. The molecular weight excluding hydrogens is 248 g/mol. The lowest BCUT2D eigenvalue weighted by atomic mass is 9.77. The number of nitrogens with zero attached hydrogens (tertiary/aromatic N) is 2. The first-order valence-corrected chi connectivity index (χ1v) is 8.75. The van der Waals surface area contributed by atoms with Crippen LogP contribution in [0.2, 0.25) is 0 Å². The Labute approximate surface area is 123 Å². The van der Waals surface area contributed by atoms with Crippen molar-refractivity contribution in [3.8, 4) is 0 Å². The summed E-state index contributed by atoms with van der Waals surface area (Å²) in [5.41, 5.74) is -0.0110. The molecule has 0 aromatic rings. The number of likely N-dealkylation sites (tertiary alicyclic amines) is 2. The van der Waals surface area contributed by atoms with Crippen molar-refractivity contribution in [2.45, 2.75) is 58.3 Å². The molecule has 3 aliphatic rings. The number of carbonyl (C=O) groups is 1. The summed E-state index contributed by atoms with van der Waals surface area (Å²) in [6.07, 6.45) is 10.3. The third kappa shape index (κ3) is 2.74. The van der Waals surface area contributed by atoms with Crippen LogP contribution in [0.4, 0.5) is 0 Å². The molecule has 3 rings (SSSR count). The largest absolute Gasteiger partial charge is 0.342 e. The van der Waals surface area contributed by atoms with E-state index in [0.717, 1.165) is 51.5 Å². The second-order valence-electron chi connectivity index (χ2n) is 7.26. The minimum absolute atomic E-state index is 0.0110. The maximum atomic E-state index is 13.0. The van der Waals surface area contributed by atoms with Gasteiger partial charge in [0.25, 0.3) is 0 Å². The quantitative estimate of drug-likeness (QED) is 0.792.